The van der Waals surface area contributed by atoms with Gasteiger partial charge in [0.25, 0.3) is 0 Å². The molecule has 0 fully saturated rings. The number of rotatable bonds is 5. The fourth-order valence-electron chi connectivity index (χ4n) is 1.47. The van der Waals surface area contributed by atoms with Gasteiger partial charge in [-0.05, 0) is 28.4 Å². The number of hydrogen-bond donors (Lipinski definition) is 2. The maximum atomic E-state index is 9.77. The first-order valence-corrected chi connectivity index (χ1v) is 6.14. The lowest BCUT2D eigenvalue weighted by atomic mass is 10.1. The first kappa shape index (κ1) is 13.1. The van der Waals surface area contributed by atoms with Crippen LogP contribution in [0.2, 0.25) is 0 Å². The topological polar surface area (TPSA) is 32.3 Å². The number of halogens is 1. The van der Waals surface area contributed by atoms with E-state index in [1.54, 1.807) is 0 Å². The molecule has 0 aliphatic carbocycles. The van der Waals surface area contributed by atoms with Crippen LogP contribution in [0, 0.1) is 12.3 Å². The summed E-state index contributed by atoms with van der Waals surface area (Å²) in [6.07, 6.45) is 7.40. The zero-order chi connectivity index (χ0) is 12.0. The molecule has 0 saturated heterocycles. The number of phenolic OH excluding ortho intramolecular Hbond substituents is 1. The number of para-hydroxylation sites is 1. The van der Waals surface area contributed by atoms with Gasteiger partial charge in [-0.15, -0.1) is 6.42 Å². The van der Waals surface area contributed by atoms with Crippen molar-refractivity contribution in [2.45, 2.75) is 32.4 Å². The Hall–Kier alpha value is -0.980. The summed E-state index contributed by atoms with van der Waals surface area (Å²) >= 11 is 3.28. The highest BCUT2D eigenvalue weighted by Crippen LogP contribution is 2.27. The Balaban J connectivity index is 2.61. The molecule has 16 heavy (non-hydrogen) atoms. The molecule has 2 N–H and O–H groups in total. The summed E-state index contributed by atoms with van der Waals surface area (Å²) in [5, 5.41) is 13.0. The Bertz CT molecular complexity index is 384. The van der Waals surface area contributed by atoms with Crippen LogP contribution in [0.4, 0.5) is 0 Å². The van der Waals surface area contributed by atoms with Gasteiger partial charge in [-0.1, -0.05) is 31.4 Å². The Morgan fingerprint density at radius 1 is 1.56 bits per heavy atom. The van der Waals surface area contributed by atoms with Gasteiger partial charge in [0.2, 0.25) is 0 Å². The van der Waals surface area contributed by atoms with Gasteiger partial charge in [-0.2, -0.15) is 0 Å². The van der Waals surface area contributed by atoms with Gasteiger partial charge in [0, 0.05) is 12.1 Å². The molecule has 0 aliphatic rings. The maximum Gasteiger partial charge on any atom is 0.134 e. The molecule has 2 nitrogen and oxygen atoms in total. The van der Waals surface area contributed by atoms with Crippen LogP contribution in [0.15, 0.2) is 22.7 Å². The summed E-state index contributed by atoms with van der Waals surface area (Å²) in [6, 6.07) is 5.66. The predicted octanol–water partition coefficient (Wildman–Crippen LogP) is 3.05. The first-order valence-electron chi connectivity index (χ1n) is 5.35. The normalized spacial score (nSPS) is 12.1. The van der Waals surface area contributed by atoms with Crippen molar-refractivity contribution in [2.75, 3.05) is 0 Å². The van der Waals surface area contributed by atoms with Gasteiger partial charge in [0.1, 0.15) is 5.75 Å². The van der Waals surface area contributed by atoms with E-state index in [0.29, 0.717) is 11.0 Å². The van der Waals surface area contributed by atoms with E-state index in [-0.39, 0.29) is 11.8 Å². The van der Waals surface area contributed by atoms with E-state index >= 15 is 0 Å². The molecule has 0 aliphatic heterocycles. The quantitative estimate of drug-likeness (QED) is 0.814. The zero-order valence-corrected chi connectivity index (χ0v) is 10.9. The average molecular weight is 282 g/mol. The molecule has 0 aromatic heterocycles. The molecule has 1 aromatic carbocycles. The highest BCUT2D eigenvalue weighted by molar-refractivity contribution is 9.10. The molecular formula is C13H16BrNO. The zero-order valence-electron chi connectivity index (χ0n) is 9.33. The second-order valence-electron chi connectivity index (χ2n) is 3.64. The summed E-state index contributed by atoms with van der Waals surface area (Å²) in [6.45, 7) is 2.68. The van der Waals surface area contributed by atoms with Crippen LogP contribution >= 0.6 is 15.9 Å². The summed E-state index contributed by atoms with van der Waals surface area (Å²) in [7, 11) is 0. The number of hydrogen-bond acceptors (Lipinski definition) is 2. The van der Waals surface area contributed by atoms with Crippen molar-refractivity contribution in [3.05, 3.63) is 28.2 Å². The third-order valence-electron chi connectivity index (χ3n) is 2.39. The van der Waals surface area contributed by atoms with Crippen LogP contribution in [-0.2, 0) is 6.54 Å². The lowest BCUT2D eigenvalue weighted by Gasteiger charge is -2.13. The number of aromatic hydroxyl groups is 1. The Labute approximate surface area is 105 Å². The molecule has 3 heteroatoms. The summed E-state index contributed by atoms with van der Waals surface area (Å²) < 4.78 is 0.708. The highest BCUT2D eigenvalue weighted by Gasteiger charge is 2.07. The van der Waals surface area contributed by atoms with Crippen LogP contribution in [0.1, 0.15) is 25.3 Å². The molecule has 0 heterocycles. The molecule has 0 bridgehead atoms. The molecule has 0 radical (unpaired) electrons. The smallest absolute Gasteiger partial charge is 0.134 e. The van der Waals surface area contributed by atoms with E-state index in [9.17, 15) is 5.11 Å². The van der Waals surface area contributed by atoms with Gasteiger partial charge >= 0.3 is 0 Å². The molecule has 1 atom stereocenters. The predicted molar refractivity (Wildman–Crippen MR) is 70.2 cm³/mol. The van der Waals surface area contributed by atoms with Crippen molar-refractivity contribution < 1.29 is 5.11 Å². The molecule has 1 unspecified atom stereocenters. The minimum absolute atomic E-state index is 0.0726. The van der Waals surface area contributed by atoms with Crippen molar-refractivity contribution in [1.29, 1.82) is 0 Å². The second kappa shape index (κ2) is 6.57. The van der Waals surface area contributed by atoms with Crippen molar-refractivity contribution in [1.82, 2.24) is 5.32 Å². The van der Waals surface area contributed by atoms with E-state index in [1.165, 1.54) is 0 Å². The third-order valence-corrected chi connectivity index (χ3v) is 3.03. The Morgan fingerprint density at radius 2 is 2.31 bits per heavy atom. The number of terminal acetylenes is 1. The Morgan fingerprint density at radius 3 is 2.94 bits per heavy atom. The van der Waals surface area contributed by atoms with Crippen molar-refractivity contribution in [2.24, 2.45) is 0 Å². The van der Waals surface area contributed by atoms with Crippen LogP contribution in [0.3, 0.4) is 0 Å². The van der Waals surface area contributed by atoms with Crippen LogP contribution in [0.25, 0.3) is 0 Å². The number of phenols is 1. The largest absolute Gasteiger partial charge is 0.506 e. The van der Waals surface area contributed by atoms with E-state index in [0.717, 1.165) is 18.4 Å². The van der Waals surface area contributed by atoms with Gasteiger partial charge in [0.15, 0.2) is 0 Å². The molecular weight excluding hydrogens is 266 g/mol. The molecule has 1 aromatic rings. The fourth-order valence-corrected chi connectivity index (χ4v) is 1.88. The molecule has 0 saturated carbocycles. The lowest BCUT2D eigenvalue weighted by molar-refractivity contribution is 0.457. The maximum absolute atomic E-state index is 9.77. The van der Waals surface area contributed by atoms with Crippen molar-refractivity contribution in [3.63, 3.8) is 0 Å². The fraction of sp³-hybridized carbons (Fsp3) is 0.385. The van der Waals surface area contributed by atoms with E-state index < -0.39 is 0 Å². The Kier molecular flexibility index (Phi) is 5.37. The van der Waals surface area contributed by atoms with Crippen LogP contribution in [0.5, 0.6) is 5.75 Å². The van der Waals surface area contributed by atoms with Crippen molar-refractivity contribution in [3.8, 4) is 18.1 Å². The van der Waals surface area contributed by atoms with Crippen molar-refractivity contribution >= 4 is 15.9 Å². The number of benzene rings is 1. The minimum atomic E-state index is 0.0726. The summed E-state index contributed by atoms with van der Waals surface area (Å²) in [5.74, 6) is 2.98. The van der Waals surface area contributed by atoms with E-state index in [4.69, 9.17) is 6.42 Å². The van der Waals surface area contributed by atoms with Crippen LogP contribution < -0.4 is 5.32 Å². The van der Waals surface area contributed by atoms with Gasteiger partial charge in [-0.3, -0.25) is 5.32 Å². The standard InChI is InChI=1S/C13H16BrNO/c1-3-6-11(4-2)15-9-10-7-5-8-12(14)13(10)16/h2,5,7-8,11,15-16H,3,6,9H2,1H3. The highest BCUT2D eigenvalue weighted by atomic mass is 79.9. The molecule has 0 amide bonds. The third kappa shape index (κ3) is 3.55. The second-order valence-corrected chi connectivity index (χ2v) is 4.49. The lowest BCUT2D eigenvalue weighted by Crippen LogP contribution is -2.26. The molecule has 0 spiro atoms. The summed E-state index contributed by atoms with van der Waals surface area (Å²) in [5.41, 5.74) is 0.853. The molecule has 86 valence electrons. The summed E-state index contributed by atoms with van der Waals surface area (Å²) in [4.78, 5) is 0. The van der Waals surface area contributed by atoms with Gasteiger partial charge < -0.3 is 5.11 Å². The van der Waals surface area contributed by atoms with Gasteiger partial charge in [-0.25, -0.2) is 0 Å². The van der Waals surface area contributed by atoms with E-state index in [1.807, 2.05) is 18.2 Å². The monoisotopic (exact) mass is 281 g/mol. The molecule has 1 rings (SSSR count). The number of nitrogens with one attached hydrogen (secondary N) is 1. The van der Waals surface area contributed by atoms with Gasteiger partial charge in [0.05, 0.1) is 10.5 Å². The van der Waals surface area contributed by atoms with E-state index in [2.05, 4.69) is 34.1 Å². The average Bonchev–Trinajstić information content (AvgIpc) is 2.29. The first-order chi connectivity index (χ1) is 7.69. The van der Waals surface area contributed by atoms with Crippen LogP contribution in [-0.4, -0.2) is 11.1 Å². The minimum Gasteiger partial charge on any atom is -0.506 e. The SMILES string of the molecule is C#CC(CCC)NCc1cccc(Br)c1O.